The standard InChI is InChI=1S/C20H30N4O6S/c1-5-22-11-12-23(20(27)19(22)26)14-18(25)21-15-9-10-16(30-8-4)17(13-15)31(28,29)24(6-2)7-3/h9-10,13H,5-8,11-12,14H2,1-4H3,(H,21,25). The molecule has 0 aromatic heterocycles. The van der Waals surface area contributed by atoms with Crippen LogP contribution in [0.3, 0.4) is 0 Å². The molecule has 2 rings (SSSR count). The summed E-state index contributed by atoms with van der Waals surface area (Å²) in [4.78, 5) is 39.2. The van der Waals surface area contributed by atoms with Crippen LogP contribution in [0, 0.1) is 0 Å². The van der Waals surface area contributed by atoms with Gasteiger partial charge in [-0.3, -0.25) is 14.4 Å². The molecule has 11 heteroatoms. The van der Waals surface area contributed by atoms with Crippen molar-refractivity contribution in [1.82, 2.24) is 14.1 Å². The third-order valence-electron chi connectivity index (χ3n) is 4.96. The summed E-state index contributed by atoms with van der Waals surface area (Å²) in [5.41, 5.74) is 0.255. The monoisotopic (exact) mass is 454 g/mol. The molecule has 0 unspecified atom stereocenters. The van der Waals surface area contributed by atoms with E-state index in [4.69, 9.17) is 4.74 Å². The van der Waals surface area contributed by atoms with Gasteiger partial charge in [-0.2, -0.15) is 4.31 Å². The summed E-state index contributed by atoms with van der Waals surface area (Å²) >= 11 is 0. The van der Waals surface area contributed by atoms with E-state index in [-0.39, 0.29) is 36.0 Å². The Balaban J connectivity index is 2.21. The van der Waals surface area contributed by atoms with Gasteiger partial charge >= 0.3 is 11.8 Å². The van der Waals surface area contributed by atoms with Crippen LogP contribution in [-0.4, -0.2) is 86.1 Å². The normalized spacial score (nSPS) is 14.9. The molecule has 1 aliphatic heterocycles. The first-order valence-electron chi connectivity index (χ1n) is 10.3. The van der Waals surface area contributed by atoms with Crippen molar-refractivity contribution in [1.29, 1.82) is 0 Å². The number of carbonyl (C=O) groups excluding carboxylic acids is 3. The van der Waals surface area contributed by atoms with Gasteiger partial charge in [-0.1, -0.05) is 13.8 Å². The minimum absolute atomic E-state index is 0.0429. The van der Waals surface area contributed by atoms with Crippen LogP contribution in [0.25, 0.3) is 0 Å². The van der Waals surface area contributed by atoms with Crippen molar-refractivity contribution < 1.29 is 27.5 Å². The summed E-state index contributed by atoms with van der Waals surface area (Å²) in [6.07, 6.45) is 0. The molecule has 1 heterocycles. The van der Waals surface area contributed by atoms with Crippen molar-refractivity contribution in [2.24, 2.45) is 0 Å². The highest BCUT2D eigenvalue weighted by Crippen LogP contribution is 2.30. The highest BCUT2D eigenvalue weighted by Gasteiger charge is 2.32. The van der Waals surface area contributed by atoms with Gasteiger partial charge in [-0.05, 0) is 32.0 Å². The van der Waals surface area contributed by atoms with Gasteiger partial charge in [-0.15, -0.1) is 0 Å². The van der Waals surface area contributed by atoms with Crippen molar-refractivity contribution >= 4 is 33.4 Å². The number of sulfonamides is 1. The summed E-state index contributed by atoms with van der Waals surface area (Å²) < 4.78 is 32.8. The summed E-state index contributed by atoms with van der Waals surface area (Å²) in [6, 6.07) is 4.37. The van der Waals surface area contributed by atoms with Gasteiger partial charge in [0, 0.05) is 38.4 Å². The zero-order valence-corrected chi connectivity index (χ0v) is 19.2. The number of hydrogen-bond acceptors (Lipinski definition) is 6. The van der Waals surface area contributed by atoms with Gasteiger partial charge in [0.05, 0.1) is 6.61 Å². The molecular formula is C20H30N4O6S. The highest BCUT2D eigenvalue weighted by molar-refractivity contribution is 7.89. The fourth-order valence-electron chi connectivity index (χ4n) is 3.31. The van der Waals surface area contributed by atoms with Crippen LogP contribution in [0.1, 0.15) is 27.7 Å². The van der Waals surface area contributed by atoms with Crippen LogP contribution in [-0.2, 0) is 24.4 Å². The van der Waals surface area contributed by atoms with Gasteiger partial charge in [0.2, 0.25) is 15.9 Å². The van der Waals surface area contributed by atoms with Crippen LogP contribution in [0.15, 0.2) is 23.1 Å². The molecule has 1 aliphatic rings. The second-order valence-corrected chi connectivity index (χ2v) is 8.75. The number of benzene rings is 1. The second-order valence-electron chi connectivity index (χ2n) is 6.84. The van der Waals surface area contributed by atoms with Crippen molar-refractivity contribution in [2.45, 2.75) is 32.6 Å². The molecule has 31 heavy (non-hydrogen) atoms. The van der Waals surface area contributed by atoms with E-state index in [1.165, 1.54) is 32.3 Å². The molecular weight excluding hydrogens is 424 g/mol. The number of hydrogen-bond donors (Lipinski definition) is 1. The number of nitrogens with zero attached hydrogens (tertiary/aromatic N) is 3. The number of anilines is 1. The van der Waals surface area contributed by atoms with Crippen LogP contribution in [0.2, 0.25) is 0 Å². The van der Waals surface area contributed by atoms with Crippen LogP contribution in [0.4, 0.5) is 5.69 Å². The first-order valence-corrected chi connectivity index (χ1v) is 11.8. The van der Waals surface area contributed by atoms with E-state index >= 15 is 0 Å². The third kappa shape index (κ3) is 5.53. The first kappa shape index (κ1) is 24.6. The minimum atomic E-state index is -3.82. The Kier molecular flexibility index (Phi) is 8.40. The van der Waals surface area contributed by atoms with E-state index in [9.17, 15) is 22.8 Å². The summed E-state index contributed by atoms with van der Waals surface area (Å²) in [6.45, 7) is 8.64. The van der Waals surface area contributed by atoms with Crippen LogP contribution < -0.4 is 10.1 Å². The van der Waals surface area contributed by atoms with Gasteiger partial charge in [0.15, 0.2) is 0 Å². The van der Waals surface area contributed by atoms with E-state index in [1.54, 1.807) is 27.7 Å². The maximum atomic E-state index is 13.0. The number of likely N-dealkylation sites (N-methyl/N-ethyl adjacent to an activating group) is 1. The van der Waals surface area contributed by atoms with Crippen molar-refractivity contribution in [3.63, 3.8) is 0 Å². The van der Waals surface area contributed by atoms with Crippen molar-refractivity contribution in [2.75, 3.05) is 51.2 Å². The third-order valence-corrected chi connectivity index (χ3v) is 7.04. The lowest BCUT2D eigenvalue weighted by atomic mass is 10.2. The molecule has 0 bridgehead atoms. The number of rotatable bonds is 10. The molecule has 10 nitrogen and oxygen atoms in total. The maximum absolute atomic E-state index is 13.0. The van der Waals surface area contributed by atoms with Crippen molar-refractivity contribution in [3.05, 3.63) is 18.2 Å². The van der Waals surface area contributed by atoms with E-state index in [1.807, 2.05) is 0 Å². The van der Waals surface area contributed by atoms with E-state index < -0.39 is 27.7 Å². The molecule has 1 saturated heterocycles. The largest absolute Gasteiger partial charge is 0.492 e. The van der Waals surface area contributed by atoms with E-state index in [0.29, 0.717) is 26.2 Å². The summed E-state index contributed by atoms with van der Waals surface area (Å²) in [7, 11) is -3.82. The average molecular weight is 455 g/mol. The number of piperazine rings is 1. The highest BCUT2D eigenvalue weighted by atomic mass is 32.2. The number of carbonyl (C=O) groups is 3. The van der Waals surface area contributed by atoms with Crippen LogP contribution in [0.5, 0.6) is 5.75 Å². The van der Waals surface area contributed by atoms with Gasteiger partial charge in [0.1, 0.15) is 17.2 Å². The lowest BCUT2D eigenvalue weighted by molar-refractivity contribution is -0.156. The number of amides is 3. The Labute approximate surface area is 183 Å². The molecule has 1 aromatic carbocycles. The molecule has 1 fully saturated rings. The Hall–Kier alpha value is -2.66. The Bertz CT molecular complexity index is 930. The van der Waals surface area contributed by atoms with Gasteiger partial charge in [0.25, 0.3) is 0 Å². The Morgan fingerprint density at radius 1 is 1.06 bits per heavy atom. The zero-order chi connectivity index (χ0) is 23.2. The fraction of sp³-hybridized carbons (Fsp3) is 0.550. The smallest absolute Gasteiger partial charge is 0.312 e. The predicted molar refractivity (Wildman–Crippen MR) is 115 cm³/mol. The van der Waals surface area contributed by atoms with Crippen molar-refractivity contribution in [3.8, 4) is 5.75 Å². The lowest BCUT2D eigenvalue weighted by Crippen LogP contribution is -2.55. The predicted octanol–water partition coefficient (Wildman–Crippen LogP) is 0.745. The topological polar surface area (TPSA) is 116 Å². The maximum Gasteiger partial charge on any atom is 0.312 e. The van der Waals surface area contributed by atoms with Gasteiger partial charge < -0.3 is 19.9 Å². The molecule has 0 atom stereocenters. The van der Waals surface area contributed by atoms with Crippen LogP contribution >= 0.6 is 0 Å². The zero-order valence-electron chi connectivity index (χ0n) is 18.4. The Morgan fingerprint density at radius 3 is 2.26 bits per heavy atom. The molecule has 3 amide bonds. The molecule has 0 aliphatic carbocycles. The molecule has 172 valence electrons. The summed E-state index contributed by atoms with van der Waals surface area (Å²) in [5.74, 6) is -1.68. The first-order chi connectivity index (χ1) is 14.7. The lowest BCUT2D eigenvalue weighted by Gasteiger charge is -2.32. The molecule has 1 aromatic rings. The second kappa shape index (κ2) is 10.6. The minimum Gasteiger partial charge on any atom is -0.492 e. The molecule has 0 spiro atoms. The SMILES string of the molecule is CCOc1ccc(NC(=O)CN2CCN(CC)C(=O)C2=O)cc1S(=O)(=O)N(CC)CC. The fourth-order valence-corrected chi connectivity index (χ4v) is 4.92. The number of nitrogens with one attached hydrogen (secondary N) is 1. The van der Waals surface area contributed by atoms with Gasteiger partial charge in [-0.25, -0.2) is 8.42 Å². The molecule has 0 radical (unpaired) electrons. The quantitative estimate of drug-likeness (QED) is 0.522. The summed E-state index contributed by atoms with van der Waals surface area (Å²) in [5, 5.41) is 2.61. The number of ether oxygens (including phenoxy) is 1. The molecule has 0 saturated carbocycles. The van der Waals surface area contributed by atoms with E-state index in [2.05, 4.69) is 5.32 Å². The average Bonchev–Trinajstić information content (AvgIpc) is 2.73. The Morgan fingerprint density at radius 2 is 1.68 bits per heavy atom. The molecule has 1 N–H and O–H groups in total. The van der Waals surface area contributed by atoms with E-state index in [0.717, 1.165) is 0 Å².